The minimum Gasteiger partial charge on any atom is -0.493 e. The van der Waals surface area contributed by atoms with Gasteiger partial charge in [0.15, 0.2) is 17.5 Å². The second kappa shape index (κ2) is 10.4. The molecule has 0 aromatic heterocycles. The Morgan fingerprint density at radius 3 is 2.34 bits per heavy atom. The van der Waals surface area contributed by atoms with Crippen molar-refractivity contribution in [1.29, 1.82) is 0 Å². The first-order chi connectivity index (χ1) is 13.9. The van der Waals surface area contributed by atoms with Crippen molar-refractivity contribution in [2.75, 3.05) is 34.4 Å². The van der Waals surface area contributed by atoms with E-state index in [1.165, 1.54) is 18.2 Å². The van der Waals surface area contributed by atoms with Crippen LogP contribution in [0.5, 0.6) is 17.2 Å². The number of hydrogen-bond acceptors (Lipinski definition) is 4. The predicted octanol–water partition coefficient (Wildman–Crippen LogP) is 3.47. The van der Waals surface area contributed by atoms with Crippen molar-refractivity contribution in [3.8, 4) is 17.2 Å². The van der Waals surface area contributed by atoms with Crippen LogP contribution in [0.4, 0.5) is 13.2 Å². The molecule has 0 heterocycles. The number of ether oxygens (including phenoxy) is 3. The summed E-state index contributed by atoms with van der Waals surface area (Å²) in [5.74, 6) is 1.55. The molecule has 0 spiro atoms. The average Bonchev–Trinajstić information content (AvgIpc) is 2.72. The van der Waals surface area contributed by atoms with Crippen molar-refractivity contribution in [2.24, 2.45) is 4.99 Å². The van der Waals surface area contributed by atoms with Gasteiger partial charge in [0.25, 0.3) is 0 Å². The summed E-state index contributed by atoms with van der Waals surface area (Å²) in [7, 11) is 4.73. The Hall–Kier alpha value is -3.10. The van der Waals surface area contributed by atoms with Crippen LogP contribution in [0.15, 0.2) is 47.5 Å². The van der Waals surface area contributed by atoms with Crippen LogP contribution >= 0.6 is 0 Å². The van der Waals surface area contributed by atoms with Gasteiger partial charge in [-0.25, -0.2) is 0 Å². The predicted molar refractivity (Wildman–Crippen MR) is 105 cm³/mol. The van der Waals surface area contributed by atoms with Crippen LogP contribution in [-0.2, 0) is 12.7 Å². The number of methoxy groups -OCH3 is 2. The van der Waals surface area contributed by atoms with E-state index in [9.17, 15) is 13.2 Å². The largest absolute Gasteiger partial charge is 0.493 e. The van der Waals surface area contributed by atoms with Gasteiger partial charge in [-0.3, -0.25) is 4.99 Å². The minimum absolute atomic E-state index is 0.0458. The molecule has 0 bridgehead atoms. The molecule has 0 saturated heterocycles. The SMILES string of the molecule is CN=C(NCCOc1ccccc1C(F)(F)F)NCc1ccc(OC)c(OC)c1. The van der Waals surface area contributed by atoms with Crippen LogP contribution in [-0.4, -0.2) is 40.4 Å². The maximum Gasteiger partial charge on any atom is 0.419 e. The lowest BCUT2D eigenvalue weighted by atomic mass is 10.2. The summed E-state index contributed by atoms with van der Waals surface area (Å²) < 4.78 is 54.6. The van der Waals surface area contributed by atoms with Crippen LogP contribution in [0.1, 0.15) is 11.1 Å². The summed E-state index contributed by atoms with van der Waals surface area (Å²) in [4.78, 5) is 4.08. The van der Waals surface area contributed by atoms with Crippen LogP contribution in [0.25, 0.3) is 0 Å². The van der Waals surface area contributed by atoms with Crippen molar-refractivity contribution in [1.82, 2.24) is 10.6 Å². The second-order valence-corrected chi connectivity index (χ2v) is 5.88. The van der Waals surface area contributed by atoms with E-state index >= 15 is 0 Å². The average molecular weight is 411 g/mol. The van der Waals surface area contributed by atoms with E-state index in [0.29, 0.717) is 24.0 Å². The minimum atomic E-state index is -4.46. The van der Waals surface area contributed by atoms with E-state index in [-0.39, 0.29) is 18.9 Å². The number of hydrogen-bond donors (Lipinski definition) is 2. The first-order valence-corrected chi connectivity index (χ1v) is 8.83. The molecule has 29 heavy (non-hydrogen) atoms. The number of guanidine groups is 1. The fourth-order valence-electron chi connectivity index (χ4n) is 2.55. The van der Waals surface area contributed by atoms with E-state index in [1.54, 1.807) is 27.3 Å². The molecule has 0 aliphatic carbocycles. The highest BCUT2D eigenvalue weighted by Crippen LogP contribution is 2.35. The van der Waals surface area contributed by atoms with Crippen molar-refractivity contribution >= 4 is 5.96 Å². The van der Waals surface area contributed by atoms with Gasteiger partial charge in [-0.05, 0) is 29.8 Å². The number of aliphatic imine (C=N–C) groups is 1. The molecule has 6 nitrogen and oxygen atoms in total. The number of benzene rings is 2. The van der Waals surface area contributed by atoms with Gasteiger partial charge >= 0.3 is 6.18 Å². The number of nitrogens with zero attached hydrogens (tertiary/aromatic N) is 1. The standard InChI is InChI=1S/C20H24F3N3O3/c1-24-19(26-13-14-8-9-17(27-2)18(12-14)28-3)25-10-11-29-16-7-5-4-6-15(16)20(21,22)23/h4-9,12H,10-11,13H2,1-3H3,(H2,24,25,26). The molecule has 0 atom stereocenters. The number of halogens is 3. The van der Waals surface area contributed by atoms with Crippen molar-refractivity contribution in [3.63, 3.8) is 0 Å². The van der Waals surface area contributed by atoms with Gasteiger partial charge in [-0.1, -0.05) is 18.2 Å². The maximum absolute atomic E-state index is 13.0. The molecule has 2 aromatic carbocycles. The molecule has 0 aliphatic heterocycles. The Labute approximate surface area is 167 Å². The summed E-state index contributed by atoms with van der Waals surface area (Å²) in [6.45, 7) is 0.791. The molecule has 2 aromatic rings. The van der Waals surface area contributed by atoms with Gasteiger partial charge in [0.2, 0.25) is 0 Å². The zero-order valence-corrected chi connectivity index (χ0v) is 16.5. The Bertz CT molecular complexity index is 826. The molecule has 0 radical (unpaired) electrons. The number of alkyl halides is 3. The first kappa shape index (κ1) is 22.2. The second-order valence-electron chi connectivity index (χ2n) is 5.88. The molecule has 0 fully saturated rings. The topological polar surface area (TPSA) is 64.1 Å². The van der Waals surface area contributed by atoms with E-state index in [0.717, 1.165) is 11.6 Å². The lowest BCUT2D eigenvalue weighted by Crippen LogP contribution is -2.38. The summed E-state index contributed by atoms with van der Waals surface area (Å²) in [5.41, 5.74) is 0.150. The summed E-state index contributed by atoms with van der Waals surface area (Å²) in [5, 5.41) is 6.11. The molecule has 0 aliphatic rings. The first-order valence-electron chi connectivity index (χ1n) is 8.83. The summed E-state index contributed by atoms with van der Waals surface area (Å²) in [6, 6.07) is 10.7. The van der Waals surface area contributed by atoms with E-state index in [4.69, 9.17) is 14.2 Å². The van der Waals surface area contributed by atoms with Crippen LogP contribution < -0.4 is 24.8 Å². The monoisotopic (exact) mass is 411 g/mol. The third kappa shape index (κ3) is 6.48. The van der Waals surface area contributed by atoms with Gasteiger partial charge in [-0.15, -0.1) is 0 Å². The van der Waals surface area contributed by atoms with Gasteiger partial charge in [0, 0.05) is 13.6 Å². The molecule has 9 heteroatoms. The molecule has 2 rings (SSSR count). The fraction of sp³-hybridized carbons (Fsp3) is 0.350. The maximum atomic E-state index is 13.0. The Kier molecular flexibility index (Phi) is 7.99. The quantitative estimate of drug-likeness (QED) is 0.396. The zero-order chi connectivity index (χ0) is 21.3. The van der Waals surface area contributed by atoms with Crippen LogP contribution in [0.3, 0.4) is 0 Å². The number of para-hydroxylation sites is 1. The molecule has 0 saturated carbocycles. The summed E-state index contributed by atoms with van der Waals surface area (Å²) >= 11 is 0. The molecule has 2 N–H and O–H groups in total. The third-order valence-corrected chi connectivity index (χ3v) is 3.98. The molecule has 0 unspecified atom stereocenters. The van der Waals surface area contributed by atoms with Gasteiger partial charge < -0.3 is 24.8 Å². The van der Waals surface area contributed by atoms with Gasteiger partial charge in [0.1, 0.15) is 12.4 Å². The molecular weight excluding hydrogens is 387 g/mol. The highest BCUT2D eigenvalue weighted by atomic mass is 19.4. The Morgan fingerprint density at radius 2 is 1.69 bits per heavy atom. The number of nitrogens with one attached hydrogen (secondary N) is 2. The Morgan fingerprint density at radius 1 is 0.966 bits per heavy atom. The fourth-order valence-corrected chi connectivity index (χ4v) is 2.55. The highest BCUT2D eigenvalue weighted by Gasteiger charge is 2.33. The van der Waals surface area contributed by atoms with Gasteiger partial charge in [0.05, 0.1) is 26.3 Å². The van der Waals surface area contributed by atoms with Crippen molar-refractivity contribution < 1.29 is 27.4 Å². The van der Waals surface area contributed by atoms with Crippen LogP contribution in [0, 0.1) is 0 Å². The smallest absolute Gasteiger partial charge is 0.419 e. The third-order valence-electron chi connectivity index (χ3n) is 3.98. The van der Waals surface area contributed by atoms with Crippen LogP contribution in [0.2, 0.25) is 0 Å². The highest BCUT2D eigenvalue weighted by molar-refractivity contribution is 5.79. The van der Waals surface area contributed by atoms with E-state index < -0.39 is 11.7 Å². The molecular formula is C20H24F3N3O3. The molecule has 158 valence electrons. The van der Waals surface area contributed by atoms with E-state index in [1.807, 2.05) is 12.1 Å². The Balaban J connectivity index is 1.83. The van der Waals surface area contributed by atoms with E-state index in [2.05, 4.69) is 15.6 Å². The normalized spacial score (nSPS) is 11.7. The lowest BCUT2D eigenvalue weighted by molar-refractivity contribution is -0.138. The molecule has 0 amide bonds. The zero-order valence-electron chi connectivity index (χ0n) is 16.5. The summed E-state index contributed by atoms with van der Waals surface area (Å²) in [6.07, 6.45) is -4.46. The number of rotatable bonds is 8. The van der Waals surface area contributed by atoms with Crippen molar-refractivity contribution in [3.05, 3.63) is 53.6 Å². The van der Waals surface area contributed by atoms with Gasteiger partial charge in [-0.2, -0.15) is 13.2 Å². The van der Waals surface area contributed by atoms with Crippen molar-refractivity contribution in [2.45, 2.75) is 12.7 Å². The lowest BCUT2D eigenvalue weighted by Gasteiger charge is -2.15.